The Hall–Kier alpha value is -2.49. The Labute approximate surface area is 191 Å². The molecule has 0 aromatic heterocycles. The zero-order valence-electron chi connectivity index (χ0n) is 15.8. The number of halogens is 1. The molecule has 4 rings (SSSR count). The number of nitrogens with zero attached hydrogens (tertiary/aromatic N) is 2. The van der Waals surface area contributed by atoms with Crippen LogP contribution >= 0.6 is 39.9 Å². The molecule has 152 valence electrons. The van der Waals surface area contributed by atoms with Crippen molar-refractivity contribution in [3.05, 3.63) is 63.5 Å². The number of thiocarbonyl (C=S) groups is 1. The Kier molecular flexibility index (Phi) is 5.77. The maximum Gasteiger partial charge on any atom is 0.266 e. The van der Waals surface area contributed by atoms with E-state index in [-0.39, 0.29) is 24.3 Å². The molecule has 0 aliphatic carbocycles. The van der Waals surface area contributed by atoms with Gasteiger partial charge in [0.15, 0.2) is 0 Å². The molecule has 2 aliphatic rings. The van der Waals surface area contributed by atoms with E-state index in [4.69, 9.17) is 12.2 Å². The number of fused-ring (bicyclic) bond motifs is 1. The predicted octanol–water partition coefficient (Wildman–Crippen LogP) is 4.03. The molecule has 1 saturated heterocycles. The highest BCUT2D eigenvalue weighted by molar-refractivity contribution is 9.10. The van der Waals surface area contributed by atoms with E-state index < -0.39 is 0 Å². The highest BCUT2D eigenvalue weighted by Crippen LogP contribution is 2.44. The minimum Gasteiger partial charge on any atom is -0.324 e. The summed E-state index contributed by atoms with van der Waals surface area (Å²) in [5, 5.41) is 2.80. The van der Waals surface area contributed by atoms with Crippen LogP contribution in [0.2, 0.25) is 0 Å². The van der Waals surface area contributed by atoms with Gasteiger partial charge in [-0.05, 0) is 31.2 Å². The number of hydrogen-bond acceptors (Lipinski definition) is 5. The highest BCUT2D eigenvalue weighted by Gasteiger charge is 2.41. The van der Waals surface area contributed by atoms with Crippen molar-refractivity contribution < 1.29 is 14.4 Å². The van der Waals surface area contributed by atoms with E-state index in [9.17, 15) is 14.4 Å². The standard InChI is InChI=1S/C21H16BrN3O3S2/c1-2-24-20(28)18(30-21(24)29)17-14-8-3-4-9-15(14)25(19(17)27)11-16(26)23-13-7-5-6-12(22)10-13/h3-10H,2,11H2,1H3,(H,23,26). The van der Waals surface area contributed by atoms with E-state index in [1.54, 1.807) is 36.4 Å². The minimum absolute atomic E-state index is 0.167. The molecule has 0 atom stereocenters. The van der Waals surface area contributed by atoms with Crippen LogP contribution in [0.5, 0.6) is 0 Å². The fourth-order valence-corrected chi connectivity index (χ4v) is 5.24. The van der Waals surface area contributed by atoms with Crippen molar-refractivity contribution in [2.24, 2.45) is 0 Å². The van der Waals surface area contributed by atoms with Gasteiger partial charge in [-0.25, -0.2) is 0 Å². The van der Waals surface area contributed by atoms with Crippen LogP contribution in [0.1, 0.15) is 12.5 Å². The van der Waals surface area contributed by atoms with Crippen molar-refractivity contribution in [3.63, 3.8) is 0 Å². The maximum absolute atomic E-state index is 13.3. The molecule has 0 saturated carbocycles. The zero-order valence-corrected chi connectivity index (χ0v) is 19.1. The zero-order chi connectivity index (χ0) is 21.4. The number of rotatable bonds is 4. The molecule has 0 bridgehead atoms. The van der Waals surface area contributed by atoms with Crippen LogP contribution in [-0.4, -0.2) is 40.0 Å². The number of nitrogens with one attached hydrogen (secondary N) is 1. The molecule has 1 fully saturated rings. The lowest BCUT2D eigenvalue weighted by Crippen LogP contribution is -2.35. The SMILES string of the molecule is CCN1C(=O)C(=C2C(=O)N(CC(=O)Nc3cccc(Br)c3)c3ccccc32)SC1=S. The number of carbonyl (C=O) groups is 3. The van der Waals surface area contributed by atoms with Crippen LogP contribution in [-0.2, 0) is 14.4 Å². The Balaban J connectivity index is 1.66. The smallest absolute Gasteiger partial charge is 0.266 e. The lowest BCUT2D eigenvalue weighted by atomic mass is 10.1. The van der Waals surface area contributed by atoms with Gasteiger partial charge in [-0.2, -0.15) is 0 Å². The Morgan fingerprint density at radius 2 is 1.87 bits per heavy atom. The topological polar surface area (TPSA) is 69.7 Å². The number of amides is 3. The molecule has 1 N–H and O–H groups in total. The molecule has 0 radical (unpaired) electrons. The van der Waals surface area contributed by atoms with Gasteiger partial charge in [-0.15, -0.1) is 0 Å². The van der Waals surface area contributed by atoms with Gasteiger partial charge < -0.3 is 5.32 Å². The van der Waals surface area contributed by atoms with E-state index >= 15 is 0 Å². The highest BCUT2D eigenvalue weighted by atomic mass is 79.9. The third kappa shape index (κ3) is 3.68. The largest absolute Gasteiger partial charge is 0.324 e. The first kappa shape index (κ1) is 20.8. The van der Waals surface area contributed by atoms with E-state index in [0.29, 0.717) is 38.3 Å². The Bertz CT molecular complexity index is 1130. The molecule has 2 heterocycles. The normalized spacial score (nSPS) is 18.3. The van der Waals surface area contributed by atoms with E-state index in [1.165, 1.54) is 9.80 Å². The second-order valence-corrected chi connectivity index (χ2v) is 9.15. The molecule has 2 aromatic carbocycles. The van der Waals surface area contributed by atoms with Gasteiger partial charge in [0.25, 0.3) is 11.8 Å². The summed E-state index contributed by atoms with van der Waals surface area (Å²) in [6.45, 7) is 2.11. The number of anilines is 2. The second-order valence-electron chi connectivity index (χ2n) is 6.59. The third-order valence-corrected chi connectivity index (χ3v) is 6.67. The van der Waals surface area contributed by atoms with Gasteiger partial charge >= 0.3 is 0 Å². The van der Waals surface area contributed by atoms with Crippen molar-refractivity contribution in [2.45, 2.75) is 6.92 Å². The monoisotopic (exact) mass is 501 g/mol. The first-order valence-corrected chi connectivity index (χ1v) is 11.2. The predicted molar refractivity (Wildman–Crippen MR) is 126 cm³/mol. The summed E-state index contributed by atoms with van der Waals surface area (Å²) in [6.07, 6.45) is 0. The summed E-state index contributed by atoms with van der Waals surface area (Å²) in [6, 6.07) is 14.4. The van der Waals surface area contributed by atoms with E-state index in [1.807, 2.05) is 19.1 Å². The third-order valence-electron chi connectivity index (χ3n) is 4.73. The van der Waals surface area contributed by atoms with Crippen molar-refractivity contribution >= 4 is 78.9 Å². The van der Waals surface area contributed by atoms with Crippen LogP contribution in [0.25, 0.3) is 5.57 Å². The second kappa shape index (κ2) is 8.33. The Morgan fingerprint density at radius 1 is 1.10 bits per heavy atom. The van der Waals surface area contributed by atoms with Gasteiger partial charge in [0, 0.05) is 22.3 Å². The molecule has 0 spiro atoms. The molecule has 30 heavy (non-hydrogen) atoms. The van der Waals surface area contributed by atoms with Gasteiger partial charge in [0.05, 0.1) is 16.2 Å². The summed E-state index contributed by atoms with van der Waals surface area (Å²) >= 11 is 9.79. The average molecular weight is 502 g/mol. The molecular formula is C21H16BrN3O3S2. The van der Waals surface area contributed by atoms with Crippen LogP contribution in [0, 0.1) is 0 Å². The molecule has 2 aliphatic heterocycles. The van der Waals surface area contributed by atoms with E-state index in [0.717, 1.165) is 16.2 Å². The van der Waals surface area contributed by atoms with Crippen LogP contribution in [0.15, 0.2) is 57.9 Å². The van der Waals surface area contributed by atoms with Crippen molar-refractivity contribution in [1.82, 2.24) is 4.90 Å². The van der Waals surface area contributed by atoms with Crippen LogP contribution in [0.3, 0.4) is 0 Å². The summed E-state index contributed by atoms with van der Waals surface area (Å²) in [5.74, 6) is -0.984. The summed E-state index contributed by atoms with van der Waals surface area (Å²) < 4.78 is 1.27. The van der Waals surface area contributed by atoms with Gasteiger partial charge in [-0.1, -0.05) is 64.2 Å². The van der Waals surface area contributed by atoms with Gasteiger partial charge in [-0.3, -0.25) is 24.2 Å². The fraction of sp³-hybridized carbons (Fsp3) is 0.143. The molecule has 2 aromatic rings. The number of likely N-dealkylation sites (N-methyl/N-ethyl adjacent to an activating group) is 1. The first-order chi connectivity index (χ1) is 14.4. The van der Waals surface area contributed by atoms with E-state index in [2.05, 4.69) is 21.2 Å². The summed E-state index contributed by atoms with van der Waals surface area (Å²) in [5.41, 5.74) is 2.16. The lowest BCUT2D eigenvalue weighted by Gasteiger charge is -2.17. The number of carbonyl (C=O) groups excluding carboxylic acids is 3. The van der Waals surface area contributed by atoms with Gasteiger partial charge in [0.1, 0.15) is 10.9 Å². The lowest BCUT2D eigenvalue weighted by molar-refractivity contribution is -0.122. The van der Waals surface area contributed by atoms with Crippen molar-refractivity contribution in [2.75, 3.05) is 23.3 Å². The molecule has 3 amide bonds. The molecule has 0 unspecified atom stereocenters. The Morgan fingerprint density at radius 3 is 2.57 bits per heavy atom. The first-order valence-electron chi connectivity index (χ1n) is 9.15. The number of para-hydroxylation sites is 1. The van der Waals surface area contributed by atoms with Crippen LogP contribution < -0.4 is 10.2 Å². The maximum atomic E-state index is 13.3. The summed E-state index contributed by atoms with van der Waals surface area (Å²) in [4.78, 5) is 41.9. The average Bonchev–Trinajstić information content (AvgIpc) is 3.14. The number of thioether (sulfide) groups is 1. The molecule has 6 nitrogen and oxygen atoms in total. The van der Waals surface area contributed by atoms with Crippen LogP contribution in [0.4, 0.5) is 11.4 Å². The quantitative estimate of drug-likeness (QED) is 0.505. The fourth-order valence-electron chi connectivity index (χ4n) is 3.39. The van der Waals surface area contributed by atoms with Crippen molar-refractivity contribution in [3.8, 4) is 0 Å². The number of hydrogen-bond donors (Lipinski definition) is 1. The summed E-state index contributed by atoms with van der Waals surface area (Å²) in [7, 11) is 0. The molecule has 9 heteroatoms. The van der Waals surface area contributed by atoms with Crippen molar-refractivity contribution in [1.29, 1.82) is 0 Å². The number of benzene rings is 2. The molecular weight excluding hydrogens is 486 g/mol. The minimum atomic E-state index is -0.378. The van der Waals surface area contributed by atoms with Gasteiger partial charge in [0.2, 0.25) is 5.91 Å².